The number of aromatic nitrogens is 2. The van der Waals surface area contributed by atoms with Gasteiger partial charge in [-0.2, -0.15) is 11.8 Å². The van der Waals surface area contributed by atoms with Crippen LogP contribution in [0.15, 0.2) is 21.2 Å². The molecule has 0 radical (unpaired) electrons. The first kappa shape index (κ1) is 17.4. The van der Waals surface area contributed by atoms with Crippen LogP contribution in [-0.4, -0.2) is 47.5 Å². The van der Waals surface area contributed by atoms with Crippen molar-refractivity contribution in [1.29, 1.82) is 0 Å². The predicted octanol–water partition coefficient (Wildman–Crippen LogP) is 2.03. The van der Waals surface area contributed by atoms with Crippen molar-refractivity contribution in [2.75, 3.05) is 37.0 Å². The second-order valence-electron chi connectivity index (χ2n) is 5.23. The summed E-state index contributed by atoms with van der Waals surface area (Å²) < 4.78 is 10.3. The van der Waals surface area contributed by atoms with Gasteiger partial charge in [0.2, 0.25) is 17.5 Å². The number of nitrogens with one attached hydrogen (secondary N) is 2. The van der Waals surface area contributed by atoms with Gasteiger partial charge in [-0.3, -0.25) is 4.79 Å². The molecule has 0 atom stereocenters. The minimum atomic E-state index is -0.218. The topological polar surface area (TPSA) is 96.4 Å². The molecule has 0 aliphatic rings. The summed E-state index contributed by atoms with van der Waals surface area (Å²) >= 11 is 1.74. The van der Waals surface area contributed by atoms with Gasteiger partial charge in [0.15, 0.2) is 0 Å². The van der Waals surface area contributed by atoms with E-state index in [9.17, 15) is 4.79 Å². The number of hydrogen-bond donors (Lipinski definition) is 2. The highest BCUT2D eigenvalue weighted by Gasteiger charge is 2.10. The van der Waals surface area contributed by atoms with Gasteiger partial charge in [0.05, 0.1) is 12.3 Å². The minimum absolute atomic E-state index is 0.218. The van der Waals surface area contributed by atoms with Crippen LogP contribution in [0, 0.1) is 0 Å². The van der Waals surface area contributed by atoms with Crippen LogP contribution in [0.25, 0.3) is 0 Å². The normalized spacial score (nSPS) is 11.0. The van der Waals surface area contributed by atoms with Gasteiger partial charge in [0.25, 0.3) is 0 Å². The van der Waals surface area contributed by atoms with E-state index in [2.05, 4.69) is 30.5 Å². The van der Waals surface area contributed by atoms with Crippen molar-refractivity contribution in [2.24, 2.45) is 0 Å². The van der Waals surface area contributed by atoms with Crippen molar-refractivity contribution in [3.63, 3.8) is 0 Å². The Hall–Kier alpha value is -2.00. The Balaban J connectivity index is 1.67. The van der Waals surface area contributed by atoms with E-state index < -0.39 is 0 Å². The molecule has 0 aliphatic heterocycles. The number of rotatable bonds is 9. The largest absolute Gasteiger partial charge is 0.464 e. The zero-order chi connectivity index (χ0) is 16.7. The van der Waals surface area contributed by atoms with Crippen molar-refractivity contribution in [1.82, 2.24) is 15.2 Å². The number of carbonyl (C=O) groups is 1. The first-order chi connectivity index (χ1) is 11.0. The minimum Gasteiger partial charge on any atom is -0.464 e. The maximum Gasteiger partial charge on any atom is 0.222 e. The molecular weight excluding hydrogens is 318 g/mol. The Kier molecular flexibility index (Phi) is 6.48. The Bertz CT molecular complexity index is 625. The second kappa shape index (κ2) is 8.59. The standard InChI is InChI=1S/C14H21N5O3S/c1-10(20)16-14-13(17-22-18-14)15-6-7-23-9-12-5-4-11(21-12)8-19(2)3/h4-5H,6-9H2,1-3H3,(H,15,17)(H,16,18,20). The lowest BCUT2D eigenvalue weighted by Crippen LogP contribution is -2.11. The van der Waals surface area contributed by atoms with Gasteiger partial charge in [0, 0.05) is 19.2 Å². The van der Waals surface area contributed by atoms with E-state index in [0.717, 1.165) is 29.6 Å². The van der Waals surface area contributed by atoms with Crippen LogP contribution in [0.5, 0.6) is 0 Å². The Labute approximate surface area is 138 Å². The fourth-order valence-corrected chi connectivity index (χ4v) is 2.61. The summed E-state index contributed by atoms with van der Waals surface area (Å²) in [5.41, 5.74) is 0. The van der Waals surface area contributed by atoms with Gasteiger partial charge >= 0.3 is 0 Å². The number of thioether (sulfide) groups is 1. The molecule has 2 aromatic rings. The Morgan fingerprint density at radius 3 is 2.74 bits per heavy atom. The van der Waals surface area contributed by atoms with Gasteiger partial charge in [-0.05, 0) is 36.5 Å². The number of furan rings is 1. The van der Waals surface area contributed by atoms with E-state index in [1.165, 1.54) is 6.92 Å². The van der Waals surface area contributed by atoms with Gasteiger partial charge < -0.3 is 20.0 Å². The molecule has 0 aliphatic carbocycles. The number of hydrogen-bond acceptors (Lipinski definition) is 8. The van der Waals surface area contributed by atoms with Crippen LogP contribution in [0.4, 0.5) is 11.6 Å². The number of carbonyl (C=O) groups excluding carboxylic acids is 1. The Morgan fingerprint density at radius 2 is 2.00 bits per heavy atom. The summed E-state index contributed by atoms with van der Waals surface area (Å²) in [5.74, 6) is 4.13. The Morgan fingerprint density at radius 1 is 1.26 bits per heavy atom. The highest BCUT2D eigenvalue weighted by molar-refractivity contribution is 7.98. The van der Waals surface area contributed by atoms with Gasteiger partial charge in [0.1, 0.15) is 11.5 Å². The highest BCUT2D eigenvalue weighted by Crippen LogP contribution is 2.18. The summed E-state index contributed by atoms with van der Waals surface area (Å²) in [6, 6.07) is 4.02. The first-order valence-electron chi connectivity index (χ1n) is 7.18. The first-order valence-corrected chi connectivity index (χ1v) is 8.34. The molecule has 8 nitrogen and oxygen atoms in total. The molecule has 1 amide bonds. The number of nitrogens with zero attached hydrogens (tertiary/aromatic N) is 3. The van der Waals surface area contributed by atoms with Crippen LogP contribution >= 0.6 is 11.8 Å². The molecule has 0 saturated heterocycles. The van der Waals surface area contributed by atoms with E-state index in [0.29, 0.717) is 18.2 Å². The molecule has 2 aromatic heterocycles. The molecule has 0 saturated carbocycles. The molecule has 0 bridgehead atoms. The van der Waals surface area contributed by atoms with E-state index >= 15 is 0 Å². The average Bonchev–Trinajstić information content (AvgIpc) is 3.07. The van der Waals surface area contributed by atoms with Crippen LogP contribution < -0.4 is 10.6 Å². The second-order valence-corrected chi connectivity index (χ2v) is 6.33. The highest BCUT2D eigenvalue weighted by atomic mass is 32.2. The van der Waals surface area contributed by atoms with Crippen LogP contribution in [-0.2, 0) is 17.1 Å². The molecule has 2 N–H and O–H groups in total. The smallest absolute Gasteiger partial charge is 0.222 e. The zero-order valence-corrected chi connectivity index (χ0v) is 14.3. The maximum absolute atomic E-state index is 11.0. The fourth-order valence-electron chi connectivity index (χ4n) is 1.86. The molecular formula is C14H21N5O3S. The summed E-state index contributed by atoms with van der Waals surface area (Å²) in [6.07, 6.45) is 0. The van der Waals surface area contributed by atoms with Crippen molar-refractivity contribution in [3.8, 4) is 0 Å². The molecule has 2 heterocycles. The number of amides is 1. The molecule has 2 rings (SSSR count). The summed E-state index contributed by atoms with van der Waals surface area (Å²) in [6.45, 7) is 2.89. The summed E-state index contributed by atoms with van der Waals surface area (Å²) in [5, 5.41) is 13.0. The van der Waals surface area contributed by atoms with Crippen LogP contribution in [0.3, 0.4) is 0 Å². The predicted molar refractivity (Wildman–Crippen MR) is 89.4 cm³/mol. The SMILES string of the molecule is CC(=O)Nc1nonc1NCCSCc1ccc(CN(C)C)o1. The average molecular weight is 339 g/mol. The summed E-state index contributed by atoms with van der Waals surface area (Å²) in [7, 11) is 4.02. The molecule has 0 aromatic carbocycles. The lowest BCUT2D eigenvalue weighted by molar-refractivity contribution is -0.114. The van der Waals surface area contributed by atoms with Crippen LogP contribution in [0.1, 0.15) is 18.4 Å². The monoisotopic (exact) mass is 339 g/mol. The molecule has 0 fully saturated rings. The van der Waals surface area contributed by atoms with E-state index in [4.69, 9.17) is 4.42 Å². The van der Waals surface area contributed by atoms with Crippen molar-refractivity contribution in [3.05, 3.63) is 23.7 Å². The zero-order valence-electron chi connectivity index (χ0n) is 13.5. The molecule has 126 valence electrons. The molecule has 0 spiro atoms. The van der Waals surface area contributed by atoms with Gasteiger partial charge in [-0.15, -0.1) is 0 Å². The fraction of sp³-hybridized carbons (Fsp3) is 0.500. The summed E-state index contributed by atoms with van der Waals surface area (Å²) in [4.78, 5) is 13.1. The molecule has 9 heteroatoms. The van der Waals surface area contributed by atoms with E-state index in [1.807, 2.05) is 26.2 Å². The van der Waals surface area contributed by atoms with E-state index in [1.54, 1.807) is 11.8 Å². The van der Waals surface area contributed by atoms with Crippen molar-refractivity contribution in [2.45, 2.75) is 19.2 Å². The van der Waals surface area contributed by atoms with Crippen molar-refractivity contribution < 1.29 is 13.8 Å². The third-order valence-electron chi connectivity index (χ3n) is 2.76. The third kappa shape index (κ3) is 5.95. The van der Waals surface area contributed by atoms with Gasteiger partial charge in [-0.25, -0.2) is 4.63 Å². The maximum atomic E-state index is 11.0. The lowest BCUT2D eigenvalue weighted by atomic mass is 10.4. The molecule has 0 unspecified atom stereocenters. The lowest BCUT2D eigenvalue weighted by Gasteiger charge is -2.06. The third-order valence-corrected chi connectivity index (χ3v) is 3.74. The number of anilines is 2. The molecule has 23 heavy (non-hydrogen) atoms. The van der Waals surface area contributed by atoms with Crippen molar-refractivity contribution >= 4 is 29.3 Å². The van der Waals surface area contributed by atoms with E-state index in [-0.39, 0.29) is 5.91 Å². The van der Waals surface area contributed by atoms with Crippen LogP contribution in [0.2, 0.25) is 0 Å². The quantitative estimate of drug-likeness (QED) is 0.670. The van der Waals surface area contributed by atoms with Gasteiger partial charge in [-0.1, -0.05) is 0 Å².